The standard InChI is InChI=1S/C9H22N2O/c1-8(12-5)6-11(4)9(2,3)7-10/h8H,6-7,10H2,1-5H3. The van der Waals surface area contributed by atoms with Gasteiger partial charge < -0.3 is 10.5 Å². The maximum Gasteiger partial charge on any atom is 0.0670 e. The lowest BCUT2D eigenvalue weighted by Crippen LogP contribution is -2.49. The number of nitrogens with two attached hydrogens (primary N) is 1. The molecule has 1 unspecified atom stereocenters. The molecule has 0 aromatic heterocycles. The molecule has 1 atom stereocenters. The summed E-state index contributed by atoms with van der Waals surface area (Å²) in [7, 11) is 3.80. The number of rotatable bonds is 5. The number of nitrogens with zero attached hydrogens (tertiary/aromatic N) is 1. The van der Waals surface area contributed by atoms with E-state index in [1.54, 1.807) is 7.11 Å². The predicted octanol–water partition coefficient (Wildman–Crippen LogP) is 0.690. The van der Waals surface area contributed by atoms with Crippen LogP contribution in [0.15, 0.2) is 0 Å². The van der Waals surface area contributed by atoms with E-state index in [0.29, 0.717) is 6.54 Å². The Morgan fingerprint density at radius 3 is 2.33 bits per heavy atom. The Morgan fingerprint density at radius 1 is 1.50 bits per heavy atom. The average molecular weight is 174 g/mol. The maximum atomic E-state index is 5.64. The topological polar surface area (TPSA) is 38.5 Å². The second-order valence-electron chi connectivity index (χ2n) is 3.94. The molecule has 0 spiro atoms. The Balaban J connectivity index is 3.93. The summed E-state index contributed by atoms with van der Waals surface area (Å²) in [6.07, 6.45) is 0.265. The molecular weight excluding hydrogens is 152 g/mol. The van der Waals surface area contributed by atoms with Gasteiger partial charge in [0, 0.05) is 25.7 Å². The van der Waals surface area contributed by atoms with E-state index in [-0.39, 0.29) is 11.6 Å². The van der Waals surface area contributed by atoms with Gasteiger partial charge in [0.05, 0.1) is 6.10 Å². The summed E-state index contributed by atoms with van der Waals surface area (Å²) >= 11 is 0. The molecule has 0 saturated heterocycles. The van der Waals surface area contributed by atoms with E-state index in [1.807, 2.05) is 0 Å². The number of ether oxygens (including phenoxy) is 1. The molecule has 0 fully saturated rings. The summed E-state index contributed by atoms with van der Waals surface area (Å²) in [6.45, 7) is 7.91. The summed E-state index contributed by atoms with van der Waals surface area (Å²) < 4.78 is 5.18. The first-order valence-corrected chi connectivity index (χ1v) is 4.38. The van der Waals surface area contributed by atoms with Gasteiger partial charge in [0.2, 0.25) is 0 Å². The molecule has 0 aromatic rings. The lowest BCUT2D eigenvalue weighted by Gasteiger charge is -2.35. The van der Waals surface area contributed by atoms with Crippen LogP contribution in [0.1, 0.15) is 20.8 Å². The Bertz CT molecular complexity index is 126. The molecular formula is C9H22N2O. The first kappa shape index (κ1) is 11.9. The van der Waals surface area contributed by atoms with E-state index < -0.39 is 0 Å². The van der Waals surface area contributed by atoms with E-state index in [0.717, 1.165) is 6.54 Å². The Hall–Kier alpha value is -0.120. The summed E-state index contributed by atoms with van der Waals surface area (Å²) in [5.74, 6) is 0. The summed E-state index contributed by atoms with van der Waals surface area (Å²) in [5, 5.41) is 0. The van der Waals surface area contributed by atoms with E-state index in [1.165, 1.54) is 0 Å². The van der Waals surface area contributed by atoms with E-state index >= 15 is 0 Å². The quantitative estimate of drug-likeness (QED) is 0.666. The van der Waals surface area contributed by atoms with Gasteiger partial charge in [-0.05, 0) is 27.8 Å². The Kier molecular flexibility index (Phi) is 4.75. The smallest absolute Gasteiger partial charge is 0.0670 e. The zero-order chi connectivity index (χ0) is 9.78. The molecule has 0 radical (unpaired) electrons. The van der Waals surface area contributed by atoms with Gasteiger partial charge in [0.15, 0.2) is 0 Å². The molecule has 0 aliphatic rings. The van der Waals surface area contributed by atoms with Crippen LogP contribution in [0.3, 0.4) is 0 Å². The van der Waals surface area contributed by atoms with Crippen LogP contribution in [0.25, 0.3) is 0 Å². The van der Waals surface area contributed by atoms with Crippen molar-refractivity contribution >= 4 is 0 Å². The average Bonchev–Trinajstić information content (AvgIpc) is 2.04. The minimum absolute atomic E-state index is 0.0623. The van der Waals surface area contributed by atoms with Crippen molar-refractivity contribution in [1.82, 2.24) is 4.90 Å². The highest BCUT2D eigenvalue weighted by Gasteiger charge is 2.22. The second-order valence-corrected chi connectivity index (χ2v) is 3.94. The third-order valence-corrected chi connectivity index (χ3v) is 2.47. The lowest BCUT2D eigenvalue weighted by atomic mass is 10.0. The van der Waals surface area contributed by atoms with Crippen LogP contribution in [-0.2, 0) is 4.74 Å². The van der Waals surface area contributed by atoms with Crippen LogP contribution in [0.5, 0.6) is 0 Å². The molecule has 12 heavy (non-hydrogen) atoms. The molecule has 3 heteroatoms. The number of likely N-dealkylation sites (N-methyl/N-ethyl adjacent to an activating group) is 1. The van der Waals surface area contributed by atoms with Crippen molar-refractivity contribution in [3.63, 3.8) is 0 Å². The van der Waals surface area contributed by atoms with Crippen LogP contribution in [0.4, 0.5) is 0 Å². The Morgan fingerprint density at radius 2 is 2.00 bits per heavy atom. The van der Waals surface area contributed by atoms with Crippen LogP contribution in [0.2, 0.25) is 0 Å². The van der Waals surface area contributed by atoms with Crippen molar-refractivity contribution in [1.29, 1.82) is 0 Å². The molecule has 0 rings (SSSR count). The predicted molar refractivity (Wildman–Crippen MR) is 52.2 cm³/mol. The van der Waals surface area contributed by atoms with Gasteiger partial charge in [-0.3, -0.25) is 4.90 Å². The summed E-state index contributed by atoms with van der Waals surface area (Å²) in [4.78, 5) is 2.22. The highest BCUT2D eigenvalue weighted by atomic mass is 16.5. The molecule has 0 amide bonds. The van der Waals surface area contributed by atoms with Gasteiger partial charge in [0.1, 0.15) is 0 Å². The van der Waals surface area contributed by atoms with Gasteiger partial charge in [-0.15, -0.1) is 0 Å². The summed E-state index contributed by atoms with van der Waals surface area (Å²) in [6, 6.07) is 0. The van der Waals surface area contributed by atoms with E-state index in [9.17, 15) is 0 Å². The minimum Gasteiger partial charge on any atom is -0.380 e. The van der Waals surface area contributed by atoms with Gasteiger partial charge in [-0.1, -0.05) is 0 Å². The fourth-order valence-electron chi connectivity index (χ4n) is 0.863. The zero-order valence-corrected chi connectivity index (χ0v) is 8.92. The van der Waals surface area contributed by atoms with Gasteiger partial charge in [-0.2, -0.15) is 0 Å². The maximum absolute atomic E-state index is 5.64. The van der Waals surface area contributed by atoms with Crippen LogP contribution >= 0.6 is 0 Å². The fraction of sp³-hybridized carbons (Fsp3) is 1.00. The molecule has 74 valence electrons. The number of hydrogen-bond acceptors (Lipinski definition) is 3. The fourth-order valence-corrected chi connectivity index (χ4v) is 0.863. The van der Waals surface area contributed by atoms with Crippen molar-refractivity contribution in [2.75, 3.05) is 27.2 Å². The molecule has 0 aliphatic heterocycles. The van der Waals surface area contributed by atoms with Gasteiger partial charge in [0.25, 0.3) is 0 Å². The third-order valence-electron chi connectivity index (χ3n) is 2.47. The molecule has 0 heterocycles. The first-order valence-electron chi connectivity index (χ1n) is 4.38. The van der Waals surface area contributed by atoms with Crippen molar-refractivity contribution in [3.8, 4) is 0 Å². The molecule has 0 saturated carbocycles. The normalized spacial score (nSPS) is 15.2. The Labute approximate surface area is 75.9 Å². The lowest BCUT2D eigenvalue weighted by molar-refractivity contribution is 0.0515. The van der Waals surface area contributed by atoms with E-state index in [2.05, 4.69) is 32.7 Å². The molecule has 0 bridgehead atoms. The molecule has 3 nitrogen and oxygen atoms in total. The zero-order valence-electron chi connectivity index (χ0n) is 8.92. The third kappa shape index (κ3) is 3.52. The van der Waals surface area contributed by atoms with Crippen LogP contribution in [-0.4, -0.2) is 43.8 Å². The van der Waals surface area contributed by atoms with Crippen LogP contribution < -0.4 is 5.73 Å². The summed E-state index contributed by atoms with van der Waals surface area (Å²) in [5.41, 5.74) is 5.70. The number of hydrogen-bond donors (Lipinski definition) is 1. The molecule has 0 aliphatic carbocycles. The molecule has 0 aromatic carbocycles. The van der Waals surface area contributed by atoms with Crippen LogP contribution in [0, 0.1) is 0 Å². The SMILES string of the molecule is COC(C)CN(C)C(C)(C)CN. The van der Waals surface area contributed by atoms with Crippen molar-refractivity contribution in [2.24, 2.45) is 5.73 Å². The highest BCUT2D eigenvalue weighted by molar-refractivity contribution is 4.80. The minimum atomic E-state index is 0.0623. The van der Waals surface area contributed by atoms with Crippen molar-refractivity contribution in [2.45, 2.75) is 32.4 Å². The van der Waals surface area contributed by atoms with Crippen molar-refractivity contribution < 1.29 is 4.74 Å². The second kappa shape index (κ2) is 4.80. The van der Waals surface area contributed by atoms with Gasteiger partial charge in [-0.25, -0.2) is 0 Å². The van der Waals surface area contributed by atoms with Crippen molar-refractivity contribution in [3.05, 3.63) is 0 Å². The highest BCUT2D eigenvalue weighted by Crippen LogP contribution is 2.10. The largest absolute Gasteiger partial charge is 0.380 e. The van der Waals surface area contributed by atoms with Gasteiger partial charge >= 0.3 is 0 Å². The van der Waals surface area contributed by atoms with E-state index in [4.69, 9.17) is 10.5 Å². The number of methoxy groups -OCH3 is 1. The first-order chi connectivity index (χ1) is 5.44. The monoisotopic (exact) mass is 174 g/mol. The molecule has 2 N–H and O–H groups in total.